The molecule has 1 heterocycles. The molecule has 0 unspecified atom stereocenters. The van der Waals surface area contributed by atoms with Crippen LogP contribution in [0.1, 0.15) is 34.8 Å². The molecule has 0 aliphatic heterocycles. The number of carbonyl (C=O) groups is 2. The van der Waals surface area contributed by atoms with E-state index in [0.29, 0.717) is 16.8 Å². The van der Waals surface area contributed by atoms with Crippen molar-refractivity contribution in [2.45, 2.75) is 20.8 Å². The van der Waals surface area contributed by atoms with Crippen molar-refractivity contribution in [3.63, 3.8) is 0 Å². The summed E-state index contributed by atoms with van der Waals surface area (Å²) in [5, 5.41) is 0. The van der Waals surface area contributed by atoms with Gasteiger partial charge in [0.2, 0.25) is 5.91 Å². The van der Waals surface area contributed by atoms with Gasteiger partial charge in [0, 0.05) is 18.2 Å². The van der Waals surface area contributed by atoms with Crippen LogP contribution in [0.2, 0.25) is 0 Å². The first kappa shape index (κ1) is 15.0. The van der Waals surface area contributed by atoms with E-state index in [4.69, 9.17) is 4.74 Å². The van der Waals surface area contributed by atoms with Crippen LogP contribution in [0.15, 0.2) is 30.3 Å². The molecule has 0 aliphatic carbocycles. The molecular weight excluding hydrogens is 273 g/mol. The van der Waals surface area contributed by atoms with E-state index in [1.165, 1.54) is 23.6 Å². The molecule has 2 aromatic rings. The van der Waals surface area contributed by atoms with Crippen molar-refractivity contribution in [1.29, 1.82) is 0 Å². The smallest absolute Gasteiger partial charge is 0.356 e. The maximum atomic E-state index is 13.0. The minimum atomic E-state index is -0.569. The molecule has 1 aromatic carbocycles. The van der Waals surface area contributed by atoms with E-state index in [0.717, 1.165) is 0 Å². The Labute approximate surface area is 122 Å². The number of aromatic nitrogens is 1. The van der Waals surface area contributed by atoms with Crippen molar-refractivity contribution in [1.82, 2.24) is 4.57 Å². The first-order valence-corrected chi connectivity index (χ1v) is 6.62. The Morgan fingerprint density at radius 2 is 1.86 bits per heavy atom. The maximum Gasteiger partial charge on any atom is 0.356 e. The second-order valence-corrected chi connectivity index (χ2v) is 4.63. The van der Waals surface area contributed by atoms with E-state index in [1.807, 2.05) is 0 Å². The number of benzene rings is 1. The van der Waals surface area contributed by atoms with Crippen LogP contribution in [0.4, 0.5) is 4.39 Å². The van der Waals surface area contributed by atoms with Gasteiger partial charge in [0.05, 0.1) is 6.61 Å². The lowest BCUT2D eigenvalue weighted by Gasteiger charge is -2.09. The van der Waals surface area contributed by atoms with Gasteiger partial charge in [0.1, 0.15) is 11.5 Å². The van der Waals surface area contributed by atoms with Crippen LogP contribution in [0.3, 0.4) is 0 Å². The molecule has 0 saturated heterocycles. The number of aryl methyl sites for hydroxylation is 1. The molecule has 2 rings (SSSR count). The number of carbonyl (C=O) groups excluding carboxylic acids is 2. The number of nitrogens with zero attached hydrogens (tertiary/aromatic N) is 1. The van der Waals surface area contributed by atoms with Gasteiger partial charge in [-0.2, -0.15) is 0 Å². The first-order chi connectivity index (χ1) is 9.95. The van der Waals surface area contributed by atoms with E-state index in [-0.39, 0.29) is 24.0 Å². The SMILES string of the molecule is CCOC(=O)c1c(-c2ccc(F)cc2)cc(C)n1C(C)=O. The summed E-state index contributed by atoms with van der Waals surface area (Å²) in [6.45, 7) is 5.02. The average molecular weight is 289 g/mol. The summed E-state index contributed by atoms with van der Waals surface area (Å²) in [6.07, 6.45) is 0. The summed E-state index contributed by atoms with van der Waals surface area (Å²) in [7, 11) is 0. The summed E-state index contributed by atoms with van der Waals surface area (Å²) in [6, 6.07) is 7.48. The monoisotopic (exact) mass is 289 g/mol. The lowest BCUT2D eigenvalue weighted by Crippen LogP contribution is -2.18. The molecule has 110 valence electrons. The number of hydrogen-bond donors (Lipinski definition) is 0. The average Bonchev–Trinajstić information content (AvgIpc) is 2.77. The van der Waals surface area contributed by atoms with Crippen LogP contribution in [0.5, 0.6) is 0 Å². The molecule has 4 nitrogen and oxygen atoms in total. The summed E-state index contributed by atoms with van der Waals surface area (Å²) in [4.78, 5) is 24.0. The van der Waals surface area contributed by atoms with Crippen molar-refractivity contribution in [2.24, 2.45) is 0 Å². The van der Waals surface area contributed by atoms with Crippen LogP contribution >= 0.6 is 0 Å². The quantitative estimate of drug-likeness (QED) is 0.813. The van der Waals surface area contributed by atoms with Gasteiger partial charge in [0.25, 0.3) is 0 Å². The second kappa shape index (κ2) is 5.91. The minimum Gasteiger partial charge on any atom is -0.461 e. The Kier molecular flexibility index (Phi) is 4.21. The first-order valence-electron chi connectivity index (χ1n) is 6.62. The molecule has 0 aliphatic rings. The van der Waals surface area contributed by atoms with Crippen LogP contribution in [0.25, 0.3) is 11.1 Å². The molecule has 21 heavy (non-hydrogen) atoms. The molecule has 0 fully saturated rings. The standard InChI is InChI=1S/C16H16FNO3/c1-4-21-16(20)15-14(9-10(2)18(15)11(3)19)12-5-7-13(17)8-6-12/h5-9H,4H2,1-3H3. The van der Waals surface area contributed by atoms with Gasteiger partial charge in [-0.05, 0) is 37.6 Å². The number of rotatable bonds is 3. The maximum absolute atomic E-state index is 13.0. The van der Waals surface area contributed by atoms with E-state index >= 15 is 0 Å². The number of ether oxygens (including phenoxy) is 1. The highest BCUT2D eigenvalue weighted by molar-refractivity contribution is 6.00. The molecule has 1 aromatic heterocycles. The molecule has 0 bridgehead atoms. The van der Waals surface area contributed by atoms with E-state index in [9.17, 15) is 14.0 Å². The largest absolute Gasteiger partial charge is 0.461 e. The molecule has 0 N–H and O–H groups in total. The van der Waals surface area contributed by atoms with Crippen LogP contribution in [-0.4, -0.2) is 23.1 Å². The van der Waals surface area contributed by atoms with Crippen LogP contribution < -0.4 is 0 Å². The van der Waals surface area contributed by atoms with Gasteiger partial charge < -0.3 is 4.74 Å². The third-order valence-corrected chi connectivity index (χ3v) is 3.12. The van der Waals surface area contributed by atoms with Crippen LogP contribution in [-0.2, 0) is 4.74 Å². The summed E-state index contributed by atoms with van der Waals surface area (Å²) in [5.74, 6) is -1.21. The van der Waals surface area contributed by atoms with Crippen molar-refractivity contribution < 1.29 is 18.7 Å². The van der Waals surface area contributed by atoms with Crippen molar-refractivity contribution >= 4 is 11.9 Å². The zero-order valence-electron chi connectivity index (χ0n) is 12.1. The Balaban J connectivity index is 2.65. The zero-order chi connectivity index (χ0) is 15.6. The van der Waals surface area contributed by atoms with Gasteiger partial charge in [0.15, 0.2) is 0 Å². The molecule has 0 saturated carbocycles. The Bertz CT molecular complexity index is 686. The lowest BCUT2D eigenvalue weighted by atomic mass is 10.1. The molecule has 0 radical (unpaired) electrons. The Morgan fingerprint density at radius 3 is 2.38 bits per heavy atom. The predicted octanol–water partition coefficient (Wildman–Crippen LogP) is 3.44. The lowest BCUT2D eigenvalue weighted by molar-refractivity contribution is 0.0509. The highest BCUT2D eigenvalue weighted by Gasteiger charge is 2.23. The number of hydrogen-bond acceptors (Lipinski definition) is 3. The number of esters is 1. The Hall–Kier alpha value is -2.43. The molecular formula is C16H16FNO3. The fourth-order valence-corrected chi connectivity index (χ4v) is 2.29. The fraction of sp³-hybridized carbons (Fsp3) is 0.250. The fourth-order valence-electron chi connectivity index (χ4n) is 2.29. The van der Waals surface area contributed by atoms with E-state index < -0.39 is 5.97 Å². The highest BCUT2D eigenvalue weighted by atomic mass is 19.1. The van der Waals surface area contributed by atoms with Gasteiger partial charge in [-0.15, -0.1) is 0 Å². The topological polar surface area (TPSA) is 48.3 Å². The molecule has 0 atom stereocenters. The summed E-state index contributed by atoms with van der Waals surface area (Å²) >= 11 is 0. The van der Waals surface area contributed by atoms with Crippen LogP contribution in [0, 0.1) is 12.7 Å². The minimum absolute atomic E-state index is 0.174. The Morgan fingerprint density at radius 1 is 1.24 bits per heavy atom. The molecule has 0 amide bonds. The van der Waals surface area contributed by atoms with Crippen molar-refractivity contribution in [3.8, 4) is 11.1 Å². The number of halogens is 1. The third-order valence-electron chi connectivity index (χ3n) is 3.12. The molecule has 0 spiro atoms. The van der Waals surface area contributed by atoms with Crippen molar-refractivity contribution in [3.05, 3.63) is 47.5 Å². The summed E-state index contributed by atoms with van der Waals surface area (Å²) in [5.41, 5.74) is 2.02. The summed E-state index contributed by atoms with van der Waals surface area (Å²) < 4.78 is 19.4. The van der Waals surface area contributed by atoms with Gasteiger partial charge >= 0.3 is 5.97 Å². The van der Waals surface area contributed by atoms with Gasteiger partial charge in [-0.1, -0.05) is 12.1 Å². The zero-order valence-corrected chi connectivity index (χ0v) is 12.1. The van der Waals surface area contributed by atoms with E-state index in [1.54, 1.807) is 32.0 Å². The van der Waals surface area contributed by atoms with E-state index in [2.05, 4.69) is 0 Å². The second-order valence-electron chi connectivity index (χ2n) is 4.63. The molecule has 5 heteroatoms. The van der Waals surface area contributed by atoms with Gasteiger partial charge in [-0.3, -0.25) is 9.36 Å². The highest BCUT2D eigenvalue weighted by Crippen LogP contribution is 2.28. The van der Waals surface area contributed by atoms with Crippen molar-refractivity contribution in [2.75, 3.05) is 6.61 Å². The third kappa shape index (κ3) is 2.86. The van der Waals surface area contributed by atoms with Gasteiger partial charge in [-0.25, -0.2) is 9.18 Å². The normalized spacial score (nSPS) is 10.5. The predicted molar refractivity (Wildman–Crippen MR) is 76.8 cm³/mol.